The monoisotopic (exact) mass is 402 g/mol. The molecule has 0 aromatic carbocycles. The van der Waals surface area contributed by atoms with Crippen LogP contribution in [0.15, 0.2) is 21.3 Å². The van der Waals surface area contributed by atoms with Gasteiger partial charge < -0.3 is 14.3 Å². The highest BCUT2D eigenvalue weighted by Crippen LogP contribution is 2.40. The van der Waals surface area contributed by atoms with Gasteiger partial charge in [0.1, 0.15) is 6.23 Å². The fourth-order valence-corrected chi connectivity index (χ4v) is 3.65. The van der Waals surface area contributed by atoms with E-state index in [1.165, 1.54) is 22.4 Å². The molecule has 0 aliphatic carbocycles. The van der Waals surface area contributed by atoms with Gasteiger partial charge in [-0.25, -0.2) is 4.79 Å². The molecule has 0 amide bonds. The minimum Gasteiger partial charge on any atom is -0.414 e. The van der Waals surface area contributed by atoms with Gasteiger partial charge in [-0.2, -0.15) is 0 Å². The largest absolute Gasteiger partial charge is 0.414 e. The average Bonchev–Trinajstić information content (AvgIpc) is 2.49. The molecule has 0 bridgehead atoms. The maximum Gasteiger partial charge on any atom is 0.330 e. The van der Waals surface area contributed by atoms with Gasteiger partial charge in [0.2, 0.25) is 0 Å². The number of rotatable bonds is 6. The van der Waals surface area contributed by atoms with E-state index < -0.39 is 25.8 Å². The van der Waals surface area contributed by atoms with Crippen molar-refractivity contribution in [3.05, 3.63) is 38.1 Å². The standard InChI is InChI=1S/C17H27ClN2O5Si/c1-17(2,3)26(4,5)24-10-13-12(9-21)15(25-13)20-8-11(6-7-18)14(22)19-16(20)23/h6-8,12-13,15,21H,9-10H2,1-5H3,(H,19,22,23)/t12-,13-,15-/m1/s1. The molecule has 2 N–H and O–H groups in total. The number of aromatic nitrogens is 2. The van der Waals surface area contributed by atoms with Crippen LogP contribution in [0.1, 0.15) is 32.6 Å². The van der Waals surface area contributed by atoms with Gasteiger partial charge in [-0.1, -0.05) is 32.4 Å². The zero-order valence-electron chi connectivity index (χ0n) is 15.8. The number of halogens is 1. The first-order valence-corrected chi connectivity index (χ1v) is 11.9. The van der Waals surface area contributed by atoms with Crippen LogP contribution in [0.4, 0.5) is 0 Å². The summed E-state index contributed by atoms with van der Waals surface area (Å²) in [5, 5.41) is 9.82. The number of aliphatic hydroxyl groups excluding tert-OH is 1. The van der Waals surface area contributed by atoms with Gasteiger partial charge in [0.15, 0.2) is 8.32 Å². The van der Waals surface area contributed by atoms with Gasteiger partial charge in [0.05, 0.1) is 30.8 Å². The van der Waals surface area contributed by atoms with E-state index in [4.69, 9.17) is 20.8 Å². The van der Waals surface area contributed by atoms with E-state index in [1.54, 1.807) is 0 Å². The van der Waals surface area contributed by atoms with Crippen molar-refractivity contribution in [1.29, 1.82) is 0 Å². The van der Waals surface area contributed by atoms with Gasteiger partial charge in [-0.3, -0.25) is 14.3 Å². The Morgan fingerprint density at radius 2 is 2.08 bits per heavy atom. The van der Waals surface area contributed by atoms with E-state index in [-0.39, 0.29) is 29.2 Å². The van der Waals surface area contributed by atoms with Crippen molar-refractivity contribution in [2.75, 3.05) is 13.2 Å². The predicted octanol–water partition coefficient (Wildman–Crippen LogP) is 2.27. The number of H-pyrrole nitrogens is 1. The summed E-state index contributed by atoms with van der Waals surface area (Å²) in [5.74, 6) is -0.295. The van der Waals surface area contributed by atoms with Crippen LogP contribution in [0.5, 0.6) is 0 Å². The molecule has 0 unspecified atom stereocenters. The Bertz CT molecular complexity index is 781. The van der Waals surface area contributed by atoms with Gasteiger partial charge in [-0.15, -0.1) is 0 Å². The third kappa shape index (κ3) is 4.20. The molecule has 1 aromatic rings. The van der Waals surface area contributed by atoms with E-state index >= 15 is 0 Å². The van der Waals surface area contributed by atoms with Crippen LogP contribution in [0.2, 0.25) is 18.1 Å². The van der Waals surface area contributed by atoms with Crippen LogP contribution in [-0.4, -0.2) is 42.3 Å². The zero-order chi connectivity index (χ0) is 19.7. The molecule has 0 spiro atoms. The summed E-state index contributed by atoms with van der Waals surface area (Å²) < 4.78 is 13.2. The maximum absolute atomic E-state index is 12.1. The molecule has 26 heavy (non-hydrogen) atoms. The Kier molecular flexibility index (Phi) is 6.35. The lowest BCUT2D eigenvalue weighted by atomic mass is 9.95. The lowest BCUT2D eigenvalue weighted by molar-refractivity contribution is -0.244. The van der Waals surface area contributed by atoms with Gasteiger partial charge in [0.25, 0.3) is 5.56 Å². The van der Waals surface area contributed by atoms with E-state index in [2.05, 4.69) is 38.8 Å². The molecule has 146 valence electrons. The summed E-state index contributed by atoms with van der Waals surface area (Å²) in [6.45, 7) is 11.0. The zero-order valence-corrected chi connectivity index (χ0v) is 17.5. The average molecular weight is 403 g/mol. The summed E-state index contributed by atoms with van der Waals surface area (Å²) in [4.78, 5) is 26.1. The molecule has 0 radical (unpaired) electrons. The van der Waals surface area contributed by atoms with Crippen molar-refractivity contribution in [2.24, 2.45) is 5.92 Å². The lowest BCUT2D eigenvalue weighted by Gasteiger charge is -2.46. The second-order valence-corrected chi connectivity index (χ2v) is 13.1. The summed E-state index contributed by atoms with van der Waals surface area (Å²) in [6.07, 6.45) is 1.82. The van der Waals surface area contributed by atoms with E-state index in [0.29, 0.717) is 6.61 Å². The number of aliphatic hydroxyl groups is 1. The first-order chi connectivity index (χ1) is 12.0. The van der Waals surface area contributed by atoms with Crippen LogP contribution in [0, 0.1) is 5.92 Å². The van der Waals surface area contributed by atoms with Gasteiger partial charge in [-0.05, 0) is 24.2 Å². The molecule has 3 atom stereocenters. The minimum absolute atomic E-state index is 0.0729. The van der Waals surface area contributed by atoms with Gasteiger partial charge >= 0.3 is 5.69 Å². The smallest absolute Gasteiger partial charge is 0.330 e. The van der Waals surface area contributed by atoms with Crippen molar-refractivity contribution >= 4 is 26.0 Å². The predicted molar refractivity (Wildman–Crippen MR) is 104 cm³/mol. The third-order valence-corrected chi connectivity index (χ3v) is 9.92. The van der Waals surface area contributed by atoms with Crippen molar-refractivity contribution in [2.45, 2.75) is 51.2 Å². The van der Waals surface area contributed by atoms with Crippen LogP contribution in [0.25, 0.3) is 6.08 Å². The van der Waals surface area contributed by atoms with Crippen molar-refractivity contribution in [1.82, 2.24) is 9.55 Å². The number of ether oxygens (including phenoxy) is 1. The number of nitrogens with zero attached hydrogens (tertiary/aromatic N) is 1. The number of nitrogens with one attached hydrogen (secondary N) is 1. The molecule has 1 saturated heterocycles. The van der Waals surface area contributed by atoms with E-state index in [9.17, 15) is 14.7 Å². The molecule has 9 heteroatoms. The Morgan fingerprint density at radius 3 is 2.62 bits per heavy atom. The molecule has 1 aliphatic rings. The minimum atomic E-state index is -1.93. The van der Waals surface area contributed by atoms with Crippen LogP contribution < -0.4 is 11.2 Å². The molecule has 1 aromatic heterocycles. The van der Waals surface area contributed by atoms with Crippen molar-refractivity contribution < 1.29 is 14.3 Å². The van der Waals surface area contributed by atoms with Crippen molar-refractivity contribution in [3.63, 3.8) is 0 Å². The fourth-order valence-electron chi connectivity index (χ4n) is 2.50. The molecule has 0 saturated carbocycles. The van der Waals surface area contributed by atoms with Crippen molar-refractivity contribution in [3.8, 4) is 0 Å². The van der Waals surface area contributed by atoms with E-state index in [0.717, 1.165) is 0 Å². The maximum atomic E-state index is 12.1. The highest BCUT2D eigenvalue weighted by atomic mass is 35.5. The number of hydrogen-bond acceptors (Lipinski definition) is 5. The number of aromatic amines is 1. The summed E-state index contributed by atoms with van der Waals surface area (Å²) in [5.41, 5.74) is 0.316. The van der Waals surface area contributed by atoms with Gasteiger partial charge in [0, 0.05) is 11.7 Å². The first kappa shape index (κ1) is 21.1. The molecule has 7 nitrogen and oxygen atoms in total. The summed E-state index contributed by atoms with van der Waals surface area (Å²) in [6, 6.07) is 0. The lowest BCUT2D eigenvalue weighted by Crippen LogP contribution is -2.55. The SMILES string of the molecule is CC(C)(C)[Si](C)(C)OC[C@H]1O[C@@H](n2cc(C=CCl)c(=O)[nH]c2=O)[C@@H]1CO. The normalized spacial score (nSPS) is 24.0. The quantitative estimate of drug-likeness (QED) is 0.712. The molecule has 1 aliphatic heterocycles. The highest BCUT2D eigenvalue weighted by Gasteiger charge is 2.46. The molecule has 2 rings (SSSR count). The molecular formula is C17H27ClN2O5Si. The van der Waals surface area contributed by atoms with E-state index in [1.807, 2.05) is 0 Å². The summed E-state index contributed by atoms with van der Waals surface area (Å²) >= 11 is 5.52. The third-order valence-electron chi connectivity index (χ3n) is 5.30. The fraction of sp³-hybridized carbons (Fsp3) is 0.647. The second kappa shape index (κ2) is 7.81. The first-order valence-electron chi connectivity index (χ1n) is 8.54. The highest BCUT2D eigenvalue weighted by molar-refractivity contribution is 6.74. The van der Waals surface area contributed by atoms with Crippen LogP contribution >= 0.6 is 11.6 Å². The topological polar surface area (TPSA) is 93.5 Å². The number of hydrogen-bond donors (Lipinski definition) is 2. The molecule has 1 fully saturated rings. The second-order valence-electron chi connectivity index (χ2n) is 8.03. The Hall–Kier alpha value is -1.19. The molecular weight excluding hydrogens is 376 g/mol. The Labute approximate surface area is 158 Å². The Balaban J connectivity index is 2.15. The van der Waals surface area contributed by atoms with Crippen LogP contribution in [0.3, 0.4) is 0 Å². The summed E-state index contributed by atoms with van der Waals surface area (Å²) in [7, 11) is -1.93. The Morgan fingerprint density at radius 1 is 1.42 bits per heavy atom. The van der Waals surface area contributed by atoms with Crippen LogP contribution in [-0.2, 0) is 9.16 Å². The molecule has 2 heterocycles.